The lowest BCUT2D eigenvalue weighted by Gasteiger charge is -2.17. The molecule has 0 aliphatic carbocycles. The van der Waals surface area contributed by atoms with Gasteiger partial charge in [-0.3, -0.25) is 0 Å². The highest BCUT2D eigenvalue weighted by atomic mass is 35.5. The summed E-state index contributed by atoms with van der Waals surface area (Å²) >= 11 is 7.61. The molecule has 14 heavy (non-hydrogen) atoms. The Morgan fingerprint density at radius 2 is 1.93 bits per heavy atom. The molecule has 2 atom stereocenters. The zero-order valence-electron chi connectivity index (χ0n) is 8.53. The summed E-state index contributed by atoms with van der Waals surface area (Å²) in [6.45, 7) is 4.27. The molecule has 0 radical (unpaired) electrons. The quantitative estimate of drug-likeness (QED) is 0.800. The molecule has 0 aliphatic heterocycles. The summed E-state index contributed by atoms with van der Waals surface area (Å²) in [5.74, 6) is 0. The van der Waals surface area contributed by atoms with E-state index in [1.807, 2.05) is 24.3 Å². The minimum atomic E-state index is 0.260. The third-order valence-corrected chi connectivity index (χ3v) is 3.73. The van der Waals surface area contributed by atoms with Gasteiger partial charge in [-0.2, -0.15) is 0 Å². The maximum Gasteiger partial charge on any atom is 0.0406 e. The average Bonchev–Trinajstić information content (AvgIpc) is 2.20. The topological polar surface area (TPSA) is 26.0 Å². The number of hydrogen-bond acceptors (Lipinski definition) is 2. The Morgan fingerprint density at radius 3 is 2.43 bits per heavy atom. The first-order valence-electron chi connectivity index (χ1n) is 4.81. The van der Waals surface area contributed by atoms with Crippen LogP contribution in [0.5, 0.6) is 0 Å². The summed E-state index contributed by atoms with van der Waals surface area (Å²) in [4.78, 5) is 1.23. The largest absolute Gasteiger partial charge is 0.327 e. The van der Waals surface area contributed by atoms with Crippen LogP contribution in [0.1, 0.15) is 20.3 Å². The van der Waals surface area contributed by atoms with E-state index >= 15 is 0 Å². The van der Waals surface area contributed by atoms with Gasteiger partial charge in [-0.25, -0.2) is 0 Å². The molecule has 0 saturated heterocycles. The Hall–Kier alpha value is -0.180. The lowest BCUT2D eigenvalue weighted by Crippen LogP contribution is -2.29. The Bertz CT molecular complexity index is 273. The monoisotopic (exact) mass is 229 g/mol. The predicted octanol–water partition coefficient (Wildman–Crippen LogP) is 3.56. The molecule has 0 fully saturated rings. The molecule has 1 rings (SSSR count). The maximum absolute atomic E-state index is 5.95. The lowest BCUT2D eigenvalue weighted by atomic mass is 10.2. The molecule has 0 saturated carbocycles. The van der Waals surface area contributed by atoms with E-state index in [1.54, 1.807) is 11.8 Å². The van der Waals surface area contributed by atoms with Crippen molar-refractivity contribution in [2.75, 3.05) is 0 Å². The van der Waals surface area contributed by atoms with Gasteiger partial charge in [-0.15, -0.1) is 11.8 Å². The van der Waals surface area contributed by atoms with Gasteiger partial charge < -0.3 is 5.73 Å². The molecule has 3 heteroatoms. The normalized spacial score (nSPS) is 15.1. The number of hydrogen-bond donors (Lipinski definition) is 1. The van der Waals surface area contributed by atoms with Gasteiger partial charge in [0.2, 0.25) is 0 Å². The van der Waals surface area contributed by atoms with Gasteiger partial charge in [-0.1, -0.05) is 25.4 Å². The first-order valence-corrected chi connectivity index (χ1v) is 6.07. The average molecular weight is 230 g/mol. The molecule has 0 spiro atoms. The van der Waals surface area contributed by atoms with Gasteiger partial charge in [0.25, 0.3) is 0 Å². The van der Waals surface area contributed by atoms with Crippen molar-refractivity contribution in [1.82, 2.24) is 0 Å². The standard InChI is InChI=1S/C11H16ClNS/c1-3-11(13)8(2)14-10-6-4-9(12)5-7-10/h4-8,11H,3,13H2,1-2H3. The lowest BCUT2D eigenvalue weighted by molar-refractivity contribution is 0.642. The fraction of sp³-hybridized carbons (Fsp3) is 0.455. The smallest absolute Gasteiger partial charge is 0.0406 e. The van der Waals surface area contributed by atoms with Gasteiger partial charge in [-0.05, 0) is 30.7 Å². The molecule has 2 unspecified atom stereocenters. The molecule has 0 heterocycles. The van der Waals surface area contributed by atoms with Crippen molar-refractivity contribution in [3.05, 3.63) is 29.3 Å². The van der Waals surface area contributed by atoms with Crippen LogP contribution in [0.2, 0.25) is 5.02 Å². The molecule has 0 aromatic heterocycles. The second kappa shape index (κ2) is 5.64. The minimum Gasteiger partial charge on any atom is -0.327 e. The molecule has 1 aromatic rings. The van der Waals surface area contributed by atoms with Gasteiger partial charge in [0.05, 0.1) is 0 Å². The van der Waals surface area contributed by atoms with Crippen LogP contribution in [0.25, 0.3) is 0 Å². The van der Waals surface area contributed by atoms with Crippen LogP contribution in [0, 0.1) is 0 Å². The van der Waals surface area contributed by atoms with E-state index in [-0.39, 0.29) is 6.04 Å². The molecule has 0 bridgehead atoms. The van der Waals surface area contributed by atoms with Crippen molar-refractivity contribution in [1.29, 1.82) is 0 Å². The van der Waals surface area contributed by atoms with Crippen LogP contribution in [0.4, 0.5) is 0 Å². The highest BCUT2D eigenvalue weighted by molar-refractivity contribution is 8.00. The van der Waals surface area contributed by atoms with E-state index < -0.39 is 0 Å². The van der Waals surface area contributed by atoms with Crippen molar-refractivity contribution < 1.29 is 0 Å². The molecular formula is C11H16ClNS. The summed E-state index contributed by atoms with van der Waals surface area (Å²) < 4.78 is 0. The Kier molecular flexibility index (Phi) is 4.79. The van der Waals surface area contributed by atoms with Crippen molar-refractivity contribution in [3.8, 4) is 0 Å². The summed E-state index contributed by atoms with van der Waals surface area (Å²) in [6.07, 6.45) is 1.02. The van der Waals surface area contributed by atoms with Crippen molar-refractivity contribution in [2.24, 2.45) is 5.73 Å². The van der Waals surface area contributed by atoms with Crippen LogP contribution < -0.4 is 5.73 Å². The molecule has 78 valence electrons. The van der Waals surface area contributed by atoms with E-state index in [2.05, 4.69) is 13.8 Å². The number of benzene rings is 1. The Morgan fingerprint density at radius 1 is 1.36 bits per heavy atom. The molecule has 1 aromatic carbocycles. The predicted molar refractivity (Wildman–Crippen MR) is 65.0 cm³/mol. The third kappa shape index (κ3) is 3.52. The van der Waals surface area contributed by atoms with Gasteiger partial charge in [0, 0.05) is 21.2 Å². The maximum atomic E-state index is 5.95. The van der Waals surface area contributed by atoms with Gasteiger partial charge in [0.1, 0.15) is 0 Å². The van der Waals surface area contributed by atoms with Crippen LogP contribution in [0.3, 0.4) is 0 Å². The van der Waals surface area contributed by atoms with Crippen LogP contribution in [-0.2, 0) is 0 Å². The first kappa shape index (κ1) is 11.9. The van der Waals surface area contributed by atoms with Gasteiger partial charge >= 0.3 is 0 Å². The van der Waals surface area contributed by atoms with Gasteiger partial charge in [0.15, 0.2) is 0 Å². The highest BCUT2D eigenvalue weighted by Crippen LogP contribution is 2.26. The Balaban J connectivity index is 2.56. The van der Waals surface area contributed by atoms with E-state index in [4.69, 9.17) is 17.3 Å². The molecule has 2 N–H and O–H groups in total. The van der Waals surface area contributed by atoms with Crippen LogP contribution in [-0.4, -0.2) is 11.3 Å². The first-order chi connectivity index (χ1) is 6.63. The zero-order chi connectivity index (χ0) is 10.6. The number of rotatable bonds is 4. The Labute approximate surface area is 95.0 Å². The number of nitrogens with two attached hydrogens (primary N) is 1. The molecular weight excluding hydrogens is 214 g/mol. The summed E-state index contributed by atoms with van der Waals surface area (Å²) in [5, 5.41) is 1.22. The molecule has 0 aliphatic rings. The van der Waals surface area contributed by atoms with Crippen molar-refractivity contribution in [2.45, 2.75) is 36.5 Å². The SMILES string of the molecule is CCC(N)C(C)Sc1ccc(Cl)cc1. The van der Waals surface area contributed by atoms with E-state index in [9.17, 15) is 0 Å². The van der Waals surface area contributed by atoms with Crippen LogP contribution in [0.15, 0.2) is 29.2 Å². The summed E-state index contributed by atoms with van der Waals surface area (Å²) in [6, 6.07) is 8.15. The number of halogens is 1. The van der Waals surface area contributed by atoms with E-state index in [1.165, 1.54) is 4.90 Å². The fourth-order valence-electron chi connectivity index (χ4n) is 1.15. The summed E-state index contributed by atoms with van der Waals surface area (Å²) in [5.41, 5.74) is 5.95. The second-order valence-corrected chi connectivity index (χ2v) is 5.24. The number of thioether (sulfide) groups is 1. The highest BCUT2D eigenvalue weighted by Gasteiger charge is 2.11. The minimum absolute atomic E-state index is 0.260. The van der Waals surface area contributed by atoms with Crippen molar-refractivity contribution >= 4 is 23.4 Å². The summed E-state index contributed by atoms with van der Waals surface area (Å²) in [7, 11) is 0. The molecule has 1 nitrogen and oxygen atoms in total. The van der Waals surface area contributed by atoms with E-state index in [0.29, 0.717) is 5.25 Å². The van der Waals surface area contributed by atoms with E-state index in [0.717, 1.165) is 11.4 Å². The fourth-order valence-corrected chi connectivity index (χ4v) is 2.36. The molecule has 0 amide bonds. The van der Waals surface area contributed by atoms with Crippen molar-refractivity contribution in [3.63, 3.8) is 0 Å². The van der Waals surface area contributed by atoms with Crippen LogP contribution >= 0.6 is 23.4 Å². The third-order valence-electron chi connectivity index (χ3n) is 2.21. The second-order valence-electron chi connectivity index (χ2n) is 3.35. The zero-order valence-corrected chi connectivity index (χ0v) is 10.1.